The third-order valence-corrected chi connectivity index (χ3v) is 5.98. The number of nitrogens with zero attached hydrogens (tertiary/aromatic N) is 1. The zero-order chi connectivity index (χ0) is 19.0. The van der Waals surface area contributed by atoms with Gasteiger partial charge in [-0.1, -0.05) is 36.4 Å². The average molecular weight is 365 g/mol. The van der Waals surface area contributed by atoms with E-state index in [0.717, 1.165) is 23.8 Å². The molecule has 0 spiro atoms. The van der Waals surface area contributed by atoms with Crippen molar-refractivity contribution in [2.75, 3.05) is 19.6 Å². The van der Waals surface area contributed by atoms with Gasteiger partial charge in [0.25, 0.3) is 5.91 Å². The molecule has 1 aliphatic heterocycles. The molecule has 0 aliphatic carbocycles. The van der Waals surface area contributed by atoms with E-state index in [1.54, 1.807) is 12.1 Å². The molecule has 27 heavy (non-hydrogen) atoms. The molecule has 5 heteroatoms. The van der Waals surface area contributed by atoms with Crippen LogP contribution in [0, 0.1) is 12.7 Å². The number of nitrogens with two attached hydrogens (primary N) is 1. The van der Waals surface area contributed by atoms with E-state index in [9.17, 15) is 9.18 Å². The lowest BCUT2D eigenvalue weighted by Gasteiger charge is -2.41. The Morgan fingerprint density at radius 1 is 1.19 bits per heavy atom. The summed E-state index contributed by atoms with van der Waals surface area (Å²) in [6.45, 7) is 3.76. The van der Waals surface area contributed by atoms with E-state index < -0.39 is 0 Å². The molecule has 2 aromatic carbocycles. The van der Waals surface area contributed by atoms with Crippen molar-refractivity contribution in [2.45, 2.75) is 25.2 Å². The first-order valence-electron chi connectivity index (χ1n) is 9.37. The highest BCUT2D eigenvalue weighted by Crippen LogP contribution is 2.35. The van der Waals surface area contributed by atoms with E-state index in [1.807, 2.05) is 30.0 Å². The van der Waals surface area contributed by atoms with Crippen LogP contribution in [0.2, 0.25) is 0 Å². The molecule has 4 nitrogen and oxygen atoms in total. The molecule has 3 N–H and O–H groups in total. The third-order valence-electron chi connectivity index (χ3n) is 5.98. The van der Waals surface area contributed by atoms with Crippen molar-refractivity contribution in [3.8, 4) is 0 Å². The second kappa shape index (κ2) is 6.82. The Morgan fingerprint density at radius 3 is 2.52 bits per heavy atom. The van der Waals surface area contributed by atoms with Crippen LogP contribution in [-0.2, 0) is 5.41 Å². The number of aromatic nitrogens is 1. The molecule has 1 aromatic heterocycles. The molecule has 140 valence electrons. The molecule has 0 radical (unpaired) electrons. The lowest BCUT2D eigenvalue weighted by molar-refractivity contribution is 0.0665. The van der Waals surface area contributed by atoms with Crippen LogP contribution in [0.25, 0.3) is 10.9 Å². The summed E-state index contributed by atoms with van der Waals surface area (Å²) in [7, 11) is 0. The van der Waals surface area contributed by atoms with Gasteiger partial charge in [-0.3, -0.25) is 4.79 Å². The maximum atomic E-state index is 14.1. The number of benzene rings is 2. The lowest BCUT2D eigenvalue weighted by Crippen LogP contribution is -2.48. The van der Waals surface area contributed by atoms with Gasteiger partial charge in [-0.25, -0.2) is 4.39 Å². The summed E-state index contributed by atoms with van der Waals surface area (Å²) in [5.41, 5.74) is 9.08. The molecule has 2 heterocycles. The quantitative estimate of drug-likeness (QED) is 0.743. The number of aromatic amines is 1. The standard InChI is InChI=1S/C22H24FN3O/c1-15-7-8-18(23)20-17(15)13-19(25-20)21(27)26-11-9-22(14-24,10-12-26)16-5-3-2-4-6-16/h2-8,13,25H,9-12,14,24H2,1H3. The zero-order valence-electron chi connectivity index (χ0n) is 15.5. The number of amides is 1. The van der Waals surface area contributed by atoms with Crippen LogP contribution in [0.5, 0.6) is 0 Å². The second-order valence-corrected chi connectivity index (χ2v) is 7.48. The number of piperidine rings is 1. The first-order valence-corrected chi connectivity index (χ1v) is 9.37. The number of rotatable bonds is 3. The number of likely N-dealkylation sites (tertiary alicyclic amines) is 1. The van der Waals surface area contributed by atoms with Gasteiger partial charge >= 0.3 is 0 Å². The van der Waals surface area contributed by atoms with Crippen molar-refractivity contribution >= 4 is 16.8 Å². The van der Waals surface area contributed by atoms with E-state index in [4.69, 9.17) is 5.73 Å². The normalized spacial score (nSPS) is 16.6. The maximum Gasteiger partial charge on any atom is 0.270 e. The molecule has 1 fully saturated rings. The Labute approximate surface area is 158 Å². The van der Waals surface area contributed by atoms with Crippen LogP contribution in [0.1, 0.15) is 34.5 Å². The fraction of sp³-hybridized carbons (Fsp3) is 0.318. The minimum atomic E-state index is -0.334. The van der Waals surface area contributed by atoms with Gasteiger partial charge in [-0.05, 0) is 43.0 Å². The van der Waals surface area contributed by atoms with Gasteiger partial charge in [0.15, 0.2) is 0 Å². The van der Waals surface area contributed by atoms with Crippen LogP contribution < -0.4 is 5.73 Å². The topological polar surface area (TPSA) is 62.1 Å². The highest BCUT2D eigenvalue weighted by Gasteiger charge is 2.36. The Morgan fingerprint density at radius 2 is 1.89 bits per heavy atom. The Bertz CT molecular complexity index is 933. The number of carbonyl (C=O) groups excluding carboxylic acids is 1. The molecule has 1 aliphatic rings. The molecule has 0 atom stereocenters. The van der Waals surface area contributed by atoms with E-state index in [-0.39, 0.29) is 17.1 Å². The van der Waals surface area contributed by atoms with Crippen molar-refractivity contribution in [3.63, 3.8) is 0 Å². The first kappa shape index (κ1) is 17.7. The van der Waals surface area contributed by atoms with Crippen LogP contribution in [0.15, 0.2) is 48.5 Å². The Balaban J connectivity index is 1.55. The van der Waals surface area contributed by atoms with Crippen LogP contribution in [0.4, 0.5) is 4.39 Å². The summed E-state index contributed by atoms with van der Waals surface area (Å²) >= 11 is 0. The van der Waals surface area contributed by atoms with Crippen LogP contribution in [-0.4, -0.2) is 35.4 Å². The molecule has 1 amide bonds. The number of fused-ring (bicyclic) bond motifs is 1. The Kier molecular flexibility index (Phi) is 4.48. The lowest BCUT2D eigenvalue weighted by atomic mass is 9.73. The molecular weight excluding hydrogens is 341 g/mol. The van der Waals surface area contributed by atoms with E-state index >= 15 is 0 Å². The predicted molar refractivity (Wildman–Crippen MR) is 105 cm³/mol. The van der Waals surface area contributed by atoms with Crippen molar-refractivity contribution in [1.29, 1.82) is 0 Å². The molecule has 3 aromatic rings. The first-order chi connectivity index (χ1) is 13.0. The predicted octanol–water partition coefficient (Wildman–Crippen LogP) is 3.75. The van der Waals surface area contributed by atoms with Crippen molar-refractivity contribution in [3.05, 3.63) is 71.2 Å². The molecular formula is C22H24FN3O. The number of aryl methyl sites for hydroxylation is 1. The van der Waals surface area contributed by atoms with E-state index in [1.165, 1.54) is 11.6 Å². The summed E-state index contributed by atoms with van der Waals surface area (Å²) in [5, 5.41) is 0.760. The van der Waals surface area contributed by atoms with Gasteiger partial charge in [0.05, 0.1) is 5.52 Å². The number of H-pyrrole nitrogens is 1. The Hall–Kier alpha value is -2.66. The average Bonchev–Trinajstić information content (AvgIpc) is 3.18. The summed E-state index contributed by atoms with van der Waals surface area (Å²) in [6.07, 6.45) is 1.65. The van der Waals surface area contributed by atoms with Crippen molar-refractivity contribution < 1.29 is 9.18 Å². The van der Waals surface area contributed by atoms with Crippen molar-refractivity contribution in [2.24, 2.45) is 5.73 Å². The largest absolute Gasteiger partial charge is 0.348 e. The van der Waals surface area contributed by atoms with Gasteiger partial charge in [-0.2, -0.15) is 0 Å². The van der Waals surface area contributed by atoms with Crippen LogP contribution >= 0.6 is 0 Å². The molecule has 0 saturated carbocycles. The monoisotopic (exact) mass is 365 g/mol. The number of hydrogen-bond acceptors (Lipinski definition) is 2. The highest BCUT2D eigenvalue weighted by molar-refractivity contribution is 5.99. The third kappa shape index (κ3) is 3.02. The van der Waals surface area contributed by atoms with Crippen LogP contribution in [0.3, 0.4) is 0 Å². The summed E-state index contributed by atoms with van der Waals surface area (Å²) in [6, 6.07) is 15.2. The summed E-state index contributed by atoms with van der Waals surface area (Å²) in [5.74, 6) is -0.414. The summed E-state index contributed by atoms with van der Waals surface area (Å²) < 4.78 is 14.1. The minimum Gasteiger partial charge on any atom is -0.348 e. The van der Waals surface area contributed by atoms with Gasteiger partial charge in [-0.15, -0.1) is 0 Å². The molecule has 0 unspecified atom stereocenters. The smallest absolute Gasteiger partial charge is 0.270 e. The second-order valence-electron chi connectivity index (χ2n) is 7.48. The van der Waals surface area contributed by atoms with E-state index in [0.29, 0.717) is 30.8 Å². The van der Waals surface area contributed by atoms with Gasteiger partial charge in [0.1, 0.15) is 11.5 Å². The van der Waals surface area contributed by atoms with Gasteiger partial charge in [0, 0.05) is 30.4 Å². The number of hydrogen-bond donors (Lipinski definition) is 2. The fourth-order valence-corrected chi connectivity index (χ4v) is 4.15. The SMILES string of the molecule is Cc1ccc(F)c2[nH]c(C(=O)N3CCC(CN)(c4ccccc4)CC3)cc12. The van der Waals surface area contributed by atoms with Crippen molar-refractivity contribution in [1.82, 2.24) is 9.88 Å². The van der Waals surface area contributed by atoms with E-state index in [2.05, 4.69) is 17.1 Å². The molecule has 1 saturated heterocycles. The van der Waals surface area contributed by atoms with Gasteiger partial charge in [0.2, 0.25) is 0 Å². The van der Waals surface area contributed by atoms with Gasteiger partial charge < -0.3 is 15.6 Å². The maximum absolute atomic E-state index is 14.1. The minimum absolute atomic E-state index is 0.0799. The number of carbonyl (C=O) groups is 1. The molecule has 4 rings (SSSR count). The zero-order valence-corrected chi connectivity index (χ0v) is 15.5. The highest BCUT2D eigenvalue weighted by atomic mass is 19.1. The molecule has 0 bridgehead atoms. The fourth-order valence-electron chi connectivity index (χ4n) is 4.15. The number of nitrogens with one attached hydrogen (secondary N) is 1. The summed E-state index contributed by atoms with van der Waals surface area (Å²) in [4.78, 5) is 17.8. The number of halogens is 1.